The van der Waals surface area contributed by atoms with E-state index in [4.69, 9.17) is 0 Å². The highest BCUT2D eigenvalue weighted by Gasteiger charge is 2.59. The Morgan fingerprint density at radius 1 is 0.808 bits per heavy atom. The van der Waals surface area contributed by atoms with Gasteiger partial charge in [0.1, 0.15) is 0 Å². The average molecular weight is 343 g/mol. The van der Waals surface area contributed by atoms with Gasteiger partial charge in [0.25, 0.3) is 0 Å². The third kappa shape index (κ3) is 2.05. The second-order valence-corrected chi connectivity index (χ2v) is 7.26. The van der Waals surface area contributed by atoms with Crippen LogP contribution in [0.4, 0.5) is 5.69 Å². The second kappa shape index (κ2) is 5.49. The van der Waals surface area contributed by atoms with Crippen LogP contribution in [-0.4, -0.2) is 17.6 Å². The molecule has 0 N–H and O–H groups in total. The lowest BCUT2D eigenvalue weighted by Gasteiger charge is -2.18. The number of hydrogen-bond donors (Lipinski definition) is 0. The van der Waals surface area contributed by atoms with Gasteiger partial charge in [-0.15, -0.1) is 0 Å². The minimum atomic E-state index is -0.231. The Kier molecular flexibility index (Phi) is 3.23. The number of allylic oxidation sites excluding steroid dienone is 2. The van der Waals surface area contributed by atoms with Crippen LogP contribution in [0, 0.1) is 23.7 Å². The zero-order chi connectivity index (χ0) is 17.8. The average Bonchev–Trinajstić information content (AvgIpc) is 3.36. The van der Waals surface area contributed by atoms with Gasteiger partial charge in [-0.1, -0.05) is 54.6 Å². The van der Waals surface area contributed by atoms with E-state index in [9.17, 15) is 14.4 Å². The molecular formula is C22H17NO3. The molecule has 4 atom stereocenters. The van der Waals surface area contributed by atoms with Crippen LogP contribution in [0.1, 0.15) is 22.3 Å². The van der Waals surface area contributed by atoms with Crippen LogP contribution in [-0.2, 0) is 9.59 Å². The van der Waals surface area contributed by atoms with Crippen LogP contribution in [0.3, 0.4) is 0 Å². The van der Waals surface area contributed by atoms with Crippen LogP contribution in [0.2, 0.25) is 0 Å². The summed E-state index contributed by atoms with van der Waals surface area (Å²) in [4.78, 5) is 39.8. The zero-order valence-electron chi connectivity index (χ0n) is 14.0. The Balaban J connectivity index is 1.49. The van der Waals surface area contributed by atoms with Gasteiger partial charge in [-0.05, 0) is 30.4 Å². The minimum absolute atomic E-state index is 0.117. The maximum absolute atomic E-state index is 12.9. The highest BCUT2D eigenvalue weighted by Crippen LogP contribution is 2.53. The number of carbonyl (C=O) groups is 3. The summed E-state index contributed by atoms with van der Waals surface area (Å²) >= 11 is 0. The number of carbonyl (C=O) groups excluding carboxylic acids is 3. The molecule has 2 fully saturated rings. The van der Waals surface area contributed by atoms with E-state index in [1.54, 1.807) is 36.4 Å². The van der Waals surface area contributed by atoms with Gasteiger partial charge < -0.3 is 0 Å². The van der Waals surface area contributed by atoms with Crippen LogP contribution in [0.15, 0.2) is 66.7 Å². The van der Waals surface area contributed by atoms with Gasteiger partial charge >= 0.3 is 0 Å². The van der Waals surface area contributed by atoms with Crippen molar-refractivity contribution in [1.29, 1.82) is 0 Å². The number of ketones is 1. The van der Waals surface area contributed by atoms with Crippen molar-refractivity contribution in [2.75, 3.05) is 4.90 Å². The fourth-order valence-electron chi connectivity index (χ4n) is 4.70. The van der Waals surface area contributed by atoms with Crippen molar-refractivity contribution in [3.05, 3.63) is 77.9 Å². The lowest BCUT2D eigenvalue weighted by molar-refractivity contribution is -0.123. The molecule has 4 nitrogen and oxygen atoms in total. The third-order valence-corrected chi connectivity index (χ3v) is 5.87. The molecule has 1 saturated carbocycles. The molecule has 2 aromatic carbocycles. The highest BCUT2D eigenvalue weighted by atomic mass is 16.2. The van der Waals surface area contributed by atoms with Crippen molar-refractivity contribution in [3.63, 3.8) is 0 Å². The molecule has 0 aromatic heterocycles. The van der Waals surface area contributed by atoms with Gasteiger partial charge in [0.15, 0.2) is 5.78 Å². The molecular weight excluding hydrogens is 326 g/mol. The maximum Gasteiger partial charge on any atom is 0.238 e. The first kappa shape index (κ1) is 15.3. The number of anilines is 1. The fourth-order valence-corrected chi connectivity index (χ4v) is 4.70. The van der Waals surface area contributed by atoms with Crippen molar-refractivity contribution in [3.8, 4) is 0 Å². The SMILES string of the molecule is O=C(c1ccccc1)c1cccc(N2C(=O)[C@@H]3[C@H](C2=O)[C@H]2C=C[C@H]3C2)c1. The van der Waals surface area contributed by atoms with Gasteiger partial charge in [0, 0.05) is 11.1 Å². The molecule has 26 heavy (non-hydrogen) atoms. The predicted molar refractivity (Wildman–Crippen MR) is 96.5 cm³/mol. The summed E-state index contributed by atoms with van der Waals surface area (Å²) in [7, 11) is 0. The van der Waals surface area contributed by atoms with Crippen molar-refractivity contribution in [1.82, 2.24) is 0 Å². The van der Waals surface area contributed by atoms with E-state index in [1.165, 1.54) is 4.90 Å². The summed E-state index contributed by atoms with van der Waals surface area (Å²) in [6.45, 7) is 0. The fraction of sp³-hybridized carbons (Fsp3) is 0.227. The van der Waals surface area contributed by atoms with Crippen molar-refractivity contribution >= 4 is 23.3 Å². The summed E-state index contributed by atoms with van der Waals surface area (Å²) < 4.78 is 0. The summed E-state index contributed by atoms with van der Waals surface area (Å²) in [5.41, 5.74) is 1.56. The summed E-state index contributed by atoms with van der Waals surface area (Å²) in [5.74, 6) is -0.464. The minimum Gasteiger partial charge on any atom is -0.289 e. The number of rotatable bonds is 3. The van der Waals surface area contributed by atoms with Crippen molar-refractivity contribution in [2.45, 2.75) is 6.42 Å². The van der Waals surface area contributed by atoms with E-state index in [0.717, 1.165) is 6.42 Å². The topological polar surface area (TPSA) is 54.5 Å². The van der Waals surface area contributed by atoms with E-state index in [2.05, 4.69) is 12.2 Å². The monoisotopic (exact) mass is 343 g/mol. The summed E-state index contributed by atoms with van der Waals surface area (Å²) in [6.07, 6.45) is 5.07. The first-order chi connectivity index (χ1) is 12.6. The highest BCUT2D eigenvalue weighted by molar-refractivity contribution is 6.23. The number of fused-ring (bicyclic) bond motifs is 5. The molecule has 5 rings (SSSR count). The van der Waals surface area contributed by atoms with E-state index >= 15 is 0 Å². The maximum atomic E-state index is 12.9. The molecule has 2 amide bonds. The van der Waals surface area contributed by atoms with Crippen molar-refractivity contribution in [2.24, 2.45) is 23.7 Å². The summed E-state index contributed by atoms with van der Waals surface area (Å²) in [6, 6.07) is 15.8. The molecule has 1 saturated heterocycles. The molecule has 1 heterocycles. The number of nitrogens with zero attached hydrogens (tertiary/aromatic N) is 1. The number of amides is 2. The Hall–Kier alpha value is -3.01. The molecule has 2 aliphatic carbocycles. The van der Waals surface area contributed by atoms with E-state index in [-0.39, 0.29) is 41.3 Å². The van der Waals surface area contributed by atoms with Gasteiger partial charge in [-0.25, -0.2) is 4.90 Å². The molecule has 4 heteroatoms. The smallest absolute Gasteiger partial charge is 0.238 e. The summed E-state index contributed by atoms with van der Waals surface area (Å²) in [5, 5.41) is 0. The molecule has 0 radical (unpaired) electrons. The molecule has 0 spiro atoms. The lowest BCUT2D eigenvalue weighted by atomic mass is 9.85. The molecule has 0 unspecified atom stereocenters. The van der Waals surface area contributed by atoms with Gasteiger partial charge in [-0.2, -0.15) is 0 Å². The Morgan fingerprint density at radius 3 is 2.08 bits per heavy atom. The largest absolute Gasteiger partial charge is 0.289 e. The molecule has 3 aliphatic rings. The molecule has 2 bridgehead atoms. The molecule has 1 aliphatic heterocycles. The number of imide groups is 1. The standard InChI is InChI=1S/C22H17NO3/c24-20(13-5-2-1-3-6-13)16-7-4-8-17(12-16)23-21(25)18-14-9-10-15(11-14)19(18)22(23)26/h1-10,12,14-15,18-19H,11H2/t14-,15-,18-,19+/m0/s1. The zero-order valence-corrected chi connectivity index (χ0v) is 14.0. The second-order valence-electron chi connectivity index (χ2n) is 7.26. The molecule has 128 valence electrons. The van der Waals surface area contributed by atoms with Crippen LogP contribution in [0.5, 0.6) is 0 Å². The van der Waals surface area contributed by atoms with E-state index < -0.39 is 0 Å². The third-order valence-electron chi connectivity index (χ3n) is 5.87. The van der Waals surface area contributed by atoms with Crippen LogP contribution in [0.25, 0.3) is 0 Å². The Labute approximate surface area is 151 Å². The Morgan fingerprint density at radius 2 is 1.42 bits per heavy atom. The van der Waals surface area contributed by atoms with Gasteiger partial charge in [0.05, 0.1) is 17.5 Å². The first-order valence-corrected chi connectivity index (χ1v) is 8.91. The first-order valence-electron chi connectivity index (χ1n) is 8.91. The lowest BCUT2D eigenvalue weighted by Crippen LogP contribution is -2.33. The number of hydrogen-bond acceptors (Lipinski definition) is 3. The van der Waals surface area contributed by atoms with Gasteiger partial charge in [0.2, 0.25) is 11.8 Å². The quantitative estimate of drug-likeness (QED) is 0.488. The van der Waals surface area contributed by atoms with E-state index in [1.807, 2.05) is 18.2 Å². The normalized spacial score (nSPS) is 28.7. The Bertz CT molecular complexity index is 932. The van der Waals surface area contributed by atoms with Crippen molar-refractivity contribution < 1.29 is 14.4 Å². The van der Waals surface area contributed by atoms with Crippen LogP contribution < -0.4 is 4.90 Å². The van der Waals surface area contributed by atoms with E-state index in [0.29, 0.717) is 16.8 Å². The molecule has 2 aromatic rings. The number of benzene rings is 2. The van der Waals surface area contributed by atoms with Gasteiger partial charge in [-0.3, -0.25) is 14.4 Å². The predicted octanol–water partition coefficient (Wildman–Crippen LogP) is 3.23. The van der Waals surface area contributed by atoms with Crippen LogP contribution >= 0.6 is 0 Å².